The highest BCUT2D eigenvalue weighted by Gasteiger charge is 2.16. The van der Waals surface area contributed by atoms with Crippen LogP contribution in [0.5, 0.6) is 0 Å². The predicted octanol–water partition coefficient (Wildman–Crippen LogP) is 3.95. The Labute approximate surface area is 127 Å². The fourth-order valence-electron chi connectivity index (χ4n) is 3.04. The third-order valence-electron chi connectivity index (χ3n) is 4.37. The first-order chi connectivity index (χ1) is 10.1. The van der Waals surface area contributed by atoms with E-state index < -0.39 is 0 Å². The SMILES string of the molecule is CC(C)c1ccc(CN2CCc3ccc(N)cc3C2)cc1. The van der Waals surface area contributed by atoms with Crippen LogP contribution in [-0.4, -0.2) is 11.4 Å². The molecule has 110 valence electrons. The maximum Gasteiger partial charge on any atom is 0.0317 e. The molecule has 1 aliphatic rings. The van der Waals surface area contributed by atoms with Crippen molar-refractivity contribution in [3.05, 3.63) is 64.7 Å². The van der Waals surface area contributed by atoms with Gasteiger partial charge in [0.2, 0.25) is 0 Å². The standard InChI is InChI=1S/C19H24N2/c1-14(2)16-5-3-15(4-6-16)12-21-10-9-17-7-8-19(20)11-18(17)13-21/h3-8,11,14H,9-10,12-13,20H2,1-2H3. The van der Waals surface area contributed by atoms with Gasteiger partial charge in [-0.15, -0.1) is 0 Å². The summed E-state index contributed by atoms with van der Waals surface area (Å²) in [7, 11) is 0. The van der Waals surface area contributed by atoms with Gasteiger partial charge >= 0.3 is 0 Å². The Morgan fingerprint density at radius 3 is 2.52 bits per heavy atom. The van der Waals surface area contributed by atoms with E-state index in [1.165, 1.54) is 22.3 Å². The molecular weight excluding hydrogens is 256 g/mol. The normalized spacial score (nSPS) is 15.2. The largest absolute Gasteiger partial charge is 0.399 e. The number of fused-ring (bicyclic) bond motifs is 1. The fraction of sp³-hybridized carbons (Fsp3) is 0.368. The second-order valence-electron chi connectivity index (χ2n) is 6.39. The van der Waals surface area contributed by atoms with E-state index >= 15 is 0 Å². The molecule has 21 heavy (non-hydrogen) atoms. The van der Waals surface area contributed by atoms with E-state index in [0.717, 1.165) is 31.7 Å². The number of nitrogens with zero attached hydrogens (tertiary/aromatic N) is 1. The number of hydrogen-bond acceptors (Lipinski definition) is 2. The van der Waals surface area contributed by atoms with Crippen LogP contribution in [-0.2, 0) is 19.5 Å². The van der Waals surface area contributed by atoms with Gasteiger partial charge in [-0.25, -0.2) is 0 Å². The molecule has 1 aliphatic heterocycles. The molecule has 0 radical (unpaired) electrons. The van der Waals surface area contributed by atoms with E-state index in [9.17, 15) is 0 Å². The van der Waals surface area contributed by atoms with Crippen molar-refractivity contribution in [1.29, 1.82) is 0 Å². The van der Waals surface area contributed by atoms with Crippen LogP contribution in [0.1, 0.15) is 42.0 Å². The van der Waals surface area contributed by atoms with Crippen molar-refractivity contribution >= 4 is 5.69 Å². The molecule has 2 nitrogen and oxygen atoms in total. The monoisotopic (exact) mass is 280 g/mol. The first kappa shape index (κ1) is 14.2. The van der Waals surface area contributed by atoms with Gasteiger partial charge in [-0.2, -0.15) is 0 Å². The van der Waals surface area contributed by atoms with E-state index in [-0.39, 0.29) is 0 Å². The summed E-state index contributed by atoms with van der Waals surface area (Å²) < 4.78 is 0. The van der Waals surface area contributed by atoms with Crippen LogP contribution in [0.25, 0.3) is 0 Å². The van der Waals surface area contributed by atoms with Gasteiger partial charge in [-0.05, 0) is 46.7 Å². The lowest BCUT2D eigenvalue weighted by Crippen LogP contribution is -2.30. The van der Waals surface area contributed by atoms with Gasteiger partial charge in [0.15, 0.2) is 0 Å². The van der Waals surface area contributed by atoms with Gasteiger partial charge in [0.25, 0.3) is 0 Å². The van der Waals surface area contributed by atoms with E-state index in [4.69, 9.17) is 5.73 Å². The first-order valence-corrected chi connectivity index (χ1v) is 7.80. The molecule has 0 bridgehead atoms. The summed E-state index contributed by atoms with van der Waals surface area (Å²) >= 11 is 0. The van der Waals surface area contributed by atoms with Crippen molar-refractivity contribution in [3.63, 3.8) is 0 Å². The summed E-state index contributed by atoms with van der Waals surface area (Å²) in [5.74, 6) is 0.601. The smallest absolute Gasteiger partial charge is 0.0317 e. The van der Waals surface area contributed by atoms with Gasteiger partial charge in [0, 0.05) is 25.3 Å². The zero-order valence-corrected chi connectivity index (χ0v) is 13.0. The highest BCUT2D eigenvalue weighted by molar-refractivity contribution is 5.45. The molecule has 0 fully saturated rings. The van der Waals surface area contributed by atoms with Crippen LogP contribution in [0.4, 0.5) is 5.69 Å². The molecule has 0 saturated heterocycles. The summed E-state index contributed by atoms with van der Waals surface area (Å²) in [6.07, 6.45) is 1.12. The van der Waals surface area contributed by atoms with E-state index in [2.05, 4.69) is 55.1 Å². The highest BCUT2D eigenvalue weighted by Crippen LogP contribution is 2.23. The van der Waals surface area contributed by atoms with Crippen LogP contribution >= 0.6 is 0 Å². The zero-order chi connectivity index (χ0) is 14.8. The van der Waals surface area contributed by atoms with Gasteiger partial charge in [0.1, 0.15) is 0 Å². The Morgan fingerprint density at radius 1 is 1.05 bits per heavy atom. The maximum absolute atomic E-state index is 5.91. The molecule has 1 heterocycles. The zero-order valence-electron chi connectivity index (χ0n) is 13.0. The summed E-state index contributed by atoms with van der Waals surface area (Å²) in [6, 6.07) is 15.4. The minimum Gasteiger partial charge on any atom is -0.399 e. The third kappa shape index (κ3) is 3.27. The number of nitrogens with two attached hydrogens (primary N) is 1. The number of nitrogen functional groups attached to an aromatic ring is 1. The quantitative estimate of drug-likeness (QED) is 0.863. The van der Waals surface area contributed by atoms with Crippen LogP contribution in [0.3, 0.4) is 0 Å². The molecular formula is C19H24N2. The van der Waals surface area contributed by atoms with Crippen molar-refractivity contribution in [2.75, 3.05) is 12.3 Å². The van der Waals surface area contributed by atoms with Crippen molar-refractivity contribution in [3.8, 4) is 0 Å². The molecule has 0 spiro atoms. The van der Waals surface area contributed by atoms with E-state index in [1.807, 2.05) is 6.07 Å². The summed E-state index contributed by atoms with van der Waals surface area (Å²) in [5.41, 5.74) is 12.4. The van der Waals surface area contributed by atoms with Crippen LogP contribution in [0, 0.1) is 0 Å². The molecule has 0 unspecified atom stereocenters. The van der Waals surface area contributed by atoms with Crippen LogP contribution < -0.4 is 5.73 Å². The molecule has 0 amide bonds. The third-order valence-corrected chi connectivity index (χ3v) is 4.37. The molecule has 2 heteroatoms. The lowest BCUT2D eigenvalue weighted by molar-refractivity contribution is 0.245. The van der Waals surface area contributed by atoms with Crippen molar-refractivity contribution in [1.82, 2.24) is 4.90 Å². The van der Waals surface area contributed by atoms with Crippen LogP contribution in [0.2, 0.25) is 0 Å². The minimum absolute atomic E-state index is 0.601. The van der Waals surface area contributed by atoms with Crippen molar-refractivity contribution in [2.24, 2.45) is 0 Å². The molecule has 2 aromatic carbocycles. The Balaban J connectivity index is 1.69. The van der Waals surface area contributed by atoms with Gasteiger partial charge < -0.3 is 5.73 Å². The first-order valence-electron chi connectivity index (χ1n) is 7.80. The number of rotatable bonds is 3. The number of anilines is 1. The number of benzene rings is 2. The highest BCUT2D eigenvalue weighted by atomic mass is 15.1. The second kappa shape index (κ2) is 5.90. The average Bonchev–Trinajstić information content (AvgIpc) is 2.47. The Kier molecular flexibility index (Phi) is 3.98. The van der Waals surface area contributed by atoms with Gasteiger partial charge in [0.05, 0.1) is 0 Å². The van der Waals surface area contributed by atoms with Gasteiger partial charge in [-0.1, -0.05) is 44.2 Å². The van der Waals surface area contributed by atoms with Crippen molar-refractivity contribution in [2.45, 2.75) is 39.3 Å². The molecule has 3 rings (SSSR count). The predicted molar refractivity (Wildman–Crippen MR) is 89.2 cm³/mol. The Morgan fingerprint density at radius 2 is 1.81 bits per heavy atom. The summed E-state index contributed by atoms with van der Waals surface area (Å²) in [4.78, 5) is 2.51. The molecule has 0 aromatic heterocycles. The summed E-state index contributed by atoms with van der Waals surface area (Å²) in [6.45, 7) is 7.63. The lowest BCUT2D eigenvalue weighted by atomic mass is 9.98. The van der Waals surface area contributed by atoms with E-state index in [0.29, 0.717) is 5.92 Å². The molecule has 2 N–H and O–H groups in total. The molecule has 2 aromatic rings. The van der Waals surface area contributed by atoms with Crippen LogP contribution in [0.15, 0.2) is 42.5 Å². The maximum atomic E-state index is 5.91. The second-order valence-corrected chi connectivity index (χ2v) is 6.39. The fourth-order valence-corrected chi connectivity index (χ4v) is 3.04. The number of hydrogen-bond donors (Lipinski definition) is 1. The lowest BCUT2D eigenvalue weighted by Gasteiger charge is -2.29. The topological polar surface area (TPSA) is 29.3 Å². The summed E-state index contributed by atoms with van der Waals surface area (Å²) in [5, 5.41) is 0. The molecule has 0 saturated carbocycles. The van der Waals surface area contributed by atoms with E-state index in [1.54, 1.807) is 0 Å². The molecule has 0 atom stereocenters. The molecule has 0 aliphatic carbocycles. The Hall–Kier alpha value is -1.80. The van der Waals surface area contributed by atoms with Crippen molar-refractivity contribution < 1.29 is 0 Å². The average molecular weight is 280 g/mol. The Bertz CT molecular complexity index is 614. The minimum atomic E-state index is 0.601. The van der Waals surface area contributed by atoms with Gasteiger partial charge in [-0.3, -0.25) is 4.90 Å².